The smallest absolute Gasteiger partial charge is 0.178 e. The number of imidazole rings is 1. The summed E-state index contributed by atoms with van der Waals surface area (Å²) < 4.78 is 8.03. The molecule has 0 radical (unpaired) electrons. The van der Waals surface area contributed by atoms with Crippen molar-refractivity contribution in [2.24, 2.45) is 0 Å². The second kappa shape index (κ2) is 5.69. The Hall–Kier alpha value is -2.14. The van der Waals surface area contributed by atoms with E-state index in [1.807, 2.05) is 30.5 Å². The average Bonchev–Trinajstić information content (AvgIpc) is 2.83. The average molecular weight is 299 g/mol. The van der Waals surface area contributed by atoms with E-state index in [9.17, 15) is 0 Å². The number of nitrogens with one attached hydrogen (secondary N) is 1. The van der Waals surface area contributed by atoms with Gasteiger partial charge in [0.1, 0.15) is 5.75 Å². The molecular weight excluding hydrogens is 282 g/mol. The van der Waals surface area contributed by atoms with Gasteiger partial charge in [0.05, 0.1) is 30.4 Å². The van der Waals surface area contributed by atoms with Crippen LogP contribution in [0, 0.1) is 4.77 Å². The standard InChI is InChI=1S/C16H17N3OS/c1-3-11-5-4-8-17-14(11)10-19-15-7-6-12(20-2)9-13(15)18-16(19)21/h4-9H,3,10H2,1-2H3,(H,18,21). The molecule has 2 aromatic heterocycles. The highest BCUT2D eigenvalue weighted by Crippen LogP contribution is 2.21. The monoisotopic (exact) mass is 299 g/mol. The quantitative estimate of drug-likeness (QED) is 0.747. The topological polar surface area (TPSA) is 42.8 Å². The maximum atomic E-state index is 5.45. The molecule has 4 nitrogen and oxygen atoms in total. The molecule has 0 amide bonds. The van der Waals surface area contributed by atoms with Crippen molar-refractivity contribution in [1.29, 1.82) is 0 Å². The van der Waals surface area contributed by atoms with Crippen LogP contribution in [-0.4, -0.2) is 21.6 Å². The van der Waals surface area contributed by atoms with Crippen molar-refractivity contribution in [2.75, 3.05) is 7.11 Å². The number of hydrogen-bond donors (Lipinski definition) is 1. The molecule has 0 aliphatic rings. The zero-order valence-corrected chi connectivity index (χ0v) is 12.9. The van der Waals surface area contributed by atoms with E-state index in [-0.39, 0.29) is 0 Å². The van der Waals surface area contributed by atoms with Crippen LogP contribution in [0.2, 0.25) is 0 Å². The van der Waals surface area contributed by atoms with Crippen molar-refractivity contribution < 1.29 is 4.74 Å². The predicted octanol–water partition coefficient (Wildman–Crippen LogP) is 3.71. The number of nitrogens with zero attached hydrogens (tertiary/aromatic N) is 2. The molecule has 2 heterocycles. The van der Waals surface area contributed by atoms with Gasteiger partial charge in [0.15, 0.2) is 4.77 Å². The predicted molar refractivity (Wildman–Crippen MR) is 86.4 cm³/mol. The van der Waals surface area contributed by atoms with Crippen molar-refractivity contribution in [3.05, 3.63) is 52.6 Å². The van der Waals surface area contributed by atoms with Crippen LogP contribution in [0.15, 0.2) is 36.5 Å². The first kappa shape index (κ1) is 13.8. The third kappa shape index (κ3) is 2.56. The molecule has 0 saturated carbocycles. The van der Waals surface area contributed by atoms with Gasteiger partial charge in [-0.25, -0.2) is 0 Å². The molecule has 0 saturated heterocycles. The van der Waals surface area contributed by atoms with Crippen LogP contribution in [0.3, 0.4) is 0 Å². The molecular formula is C16H17N3OS. The molecule has 5 heteroatoms. The van der Waals surface area contributed by atoms with Crippen LogP contribution >= 0.6 is 12.2 Å². The molecule has 1 aromatic carbocycles. The zero-order chi connectivity index (χ0) is 14.8. The van der Waals surface area contributed by atoms with Gasteiger partial charge in [-0.1, -0.05) is 13.0 Å². The van der Waals surface area contributed by atoms with Gasteiger partial charge >= 0.3 is 0 Å². The maximum absolute atomic E-state index is 5.45. The van der Waals surface area contributed by atoms with Gasteiger partial charge in [-0.2, -0.15) is 0 Å². The van der Waals surface area contributed by atoms with Gasteiger partial charge in [-0.3, -0.25) is 4.98 Å². The van der Waals surface area contributed by atoms with E-state index in [1.165, 1.54) is 5.56 Å². The minimum absolute atomic E-state index is 0.676. The molecule has 0 bridgehead atoms. The second-order valence-corrected chi connectivity index (χ2v) is 5.25. The third-order valence-electron chi connectivity index (χ3n) is 3.65. The lowest BCUT2D eigenvalue weighted by atomic mass is 10.1. The number of H-pyrrole nitrogens is 1. The number of aromatic amines is 1. The number of rotatable bonds is 4. The summed E-state index contributed by atoms with van der Waals surface area (Å²) in [6.07, 6.45) is 2.79. The number of aryl methyl sites for hydroxylation is 1. The highest BCUT2D eigenvalue weighted by molar-refractivity contribution is 7.71. The molecule has 3 rings (SSSR count). The first-order valence-corrected chi connectivity index (χ1v) is 7.33. The lowest BCUT2D eigenvalue weighted by molar-refractivity contribution is 0.415. The number of fused-ring (bicyclic) bond motifs is 1. The summed E-state index contributed by atoms with van der Waals surface area (Å²) in [6, 6.07) is 10.0. The summed E-state index contributed by atoms with van der Waals surface area (Å²) in [5, 5.41) is 0. The molecule has 0 aliphatic carbocycles. The van der Waals surface area contributed by atoms with Gasteiger partial charge in [-0.05, 0) is 42.4 Å². The van der Waals surface area contributed by atoms with E-state index in [0.717, 1.165) is 28.9 Å². The summed E-state index contributed by atoms with van der Waals surface area (Å²) >= 11 is 5.45. The molecule has 21 heavy (non-hydrogen) atoms. The highest BCUT2D eigenvalue weighted by Gasteiger charge is 2.09. The van der Waals surface area contributed by atoms with Gasteiger partial charge in [0.2, 0.25) is 0 Å². The van der Waals surface area contributed by atoms with Crippen LogP contribution in [0.4, 0.5) is 0 Å². The number of pyridine rings is 1. The number of aromatic nitrogens is 3. The lowest BCUT2D eigenvalue weighted by Crippen LogP contribution is -2.05. The Morgan fingerprint density at radius 3 is 2.95 bits per heavy atom. The van der Waals surface area contributed by atoms with Crippen molar-refractivity contribution in [2.45, 2.75) is 19.9 Å². The summed E-state index contributed by atoms with van der Waals surface area (Å²) in [5.41, 5.74) is 4.36. The fourth-order valence-electron chi connectivity index (χ4n) is 2.51. The van der Waals surface area contributed by atoms with Crippen LogP contribution in [0.1, 0.15) is 18.2 Å². The minimum Gasteiger partial charge on any atom is -0.497 e. The minimum atomic E-state index is 0.676. The molecule has 0 aliphatic heterocycles. The number of methoxy groups -OCH3 is 1. The molecule has 0 unspecified atom stereocenters. The molecule has 3 aromatic rings. The second-order valence-electron chi connectivity index (χ2n) is 4.86. The summed E-state index contributed by atoms with van der Waals surface area (Å²) in [4.78, 5) is 7.73. The van der Waals surface area contributed by atoms with Crippen LogP contribution in [0.25, 0.3) is 11.0 Å². The first-order valence-electron chi connectivity index (χ1n) is 6.92. The fraction of sp³-hybridized carbons (Fsp3) is 0.250. The SMILES string of the molecule is CCc1cccnc1Cn1c(=S)[nH]c2cc(OC)ccc21. The third-order valence-corrected chi connectivity index (χ3v) is 3.98. The summed E-state index contributed by atoms with van der Waals surface area (Å²) in [7, 11) is 1.66. The Bertz CT molecular complexity index is 835. The van der Waals surface area contributed by atoms with Gasteiger partial charge in [0.25, 0.3) is 0 Å². The van der Waals surface area contributed by atoms with E-state index >= 15 is 0 Å². The Morgan fingerprint density at radius 1 is 1.33 bits per heavy atom. The fourth-order valence-corrected chi connectivity index (χ4v) is 2.78. The largest absolute Gasteiger partial charge is 0.497 e. The molecule has 0 atom stereocenters. The zero-order valence-electron chi connectivity index (χ0n) is 12.1. The van der Waals surface area contributed by atoms with Crippen molar-refractivity contribution >= 4 is 23.3 Å². The van der Waals surface area contributed by atoms with Gasteiger partial charge in [-0.15, -0.1) is 0 Å². The molecule has 0 spiro atoms. The summed E-state index contributed by atoms with van der Waals surface area (Å²) in [5.74, 6) is 0.818. The van der Waals surface area contributed by atoms with Crippen LogP contribution in [-0.2, 0) is 13.0 Å². The van der Waals surface area contributed by atoms with Crippen molar-refractivity contribution in [3.63, 3.8) is 0 Å². The van der Waals surface area contributed by atoms with Crippen LogP contribution in [0.5, 0.6) is 5.75 Å². The normalized spacial score (nSPS) is 11.0. The Kier molecular flexibility index (Phi) is 3.75. The van der Waals surface area contributed by atoms with E-state index in [2.05, 4.69) is 27.5 Å². The Morgan fingerprint density at radius 2 is 2.19 bits per heavy atom. The highest BCUT2D eigenvalue weighted by atomic mass is 32.1. The van der Waals surface area contributed by atoms with E-state index < -0.39 is 0 Å². The van der Waals surface area contributed by atoms with E-state index in [0.29, 0.717) is 11.3 Å². The molecule has 1 N–H and O–H groups in total. The number of benzene rings is 1. The van der Waals surface area contributed by atoms with Gasteiger partial charge in [0, 0.05) is 12.3 Å². The Balaban J connectivity index is 2.08. The van der Waals surface area contributed by atoms with E-state index in [1.54, 1.807) is 7.11 Å². The lowest BCUT2D eigenvalue weighted by Gasteiger charge is -2.08. The van der Waals surface area contributed by atoms with Gasteiger partial charge < -0.3 is 14.3 Å². The number of ether oxygens (including phenoxy) is 1. The van der Waals surface area contributed by atoms with Crippen molar-refractivity contribution in [1.82, 2.24) is 14.5 Å². The summed E-state index contributed by atoms with van der Waals surface area (Å²) in [6.45, 7) is 2.81. The van der Waals surface area contributed by atoms with Crippen LogP contribution < -0.4 is 4.74 Å². The number of hydrogen-bond acceptors (Lipinski definition) is 3. The Labute approximate surface area is 128 Å². The van der Waals surface area contributed by atoms with Crippen molar-refractivity contribution in [3.8, 4) is 5.75 Å². The maximum Gasteiger partial charge on any atom is 0.178 e. The first-order chi connectivity index (χ1) is 10.2. The molecule has 108 valence electrons. The molecule has 0 fully saturated rings. The van der Waals surface area contributed by atoms with E-state index in [4.69, 9.17) is 17.0 Å².